The van der Waals surface area contributed by atoms with E-state index in [9.17, 15) is 4.79 Å². The lowest BCUT2D eigenvalue weighted by Crippen LogP contribution is -2.11. The van der Waals surface area contributed by atoms with Crippen LogP contribution in [0.15, 0.2) is 46.9 Å². The van der Waals surface area contributed by atoms with Gasteiger partial charge in [0.1, 0.15) is 0 Å². The van der Waals surface area contributed by atoms with E-state index in [0.29, 0.717) is 11.3 Å². The van der Waals surface area contributed by atoms with Crippen LogP contribution >= 0.6 is 11.3 Å². The van der Waals surface area contributed by atoms with Crippen LogP contribution in [-0.4, -0.2) is 11.7 Å². The molecule has 0 atom stereocenters. The van der Waals surface area contributed by atoms with Crippen LogP contribution in [0.25, 0.3) is 0 Å². The second kappa shape index (κ2) is 6.22. The third kappa shape index (κ3) is 4.02. The van der Waals surface area contributed by atoms with Crippen LogP contribution in [0, 0.1) is 0 Å². The first-order chi connectivity index (χ1) is 9.88. The lowest BCUT2D eigenvalue weighted by molar-refractivity contribution is 0.0516. The van der Waals surface area contributed by atoms with Gasteiger partial charge < -0.3 is 4.84 Å². The van der Waals surface area contributed by atoms with Gasteiger partial charge >= 0.3 is 5.97 Å². The van der Waals surface area contributed by atoms with Crippen molar-refractivity contribution >= 4 is 23.0 Å². The average molecular weight is 301 g/mol. The zero-order chi connectivity index (χ0) is 15.5. The Morgan fingerprint density at radius 3 is 2.33 bits per heavy atom. The molecule has 3 nitrogen and oxygen atoms in total. The number of carbonyl (C=O) groups excluding carboxylic acids is 1. The highest BCUT2D eigenvalue weighted by molar-refractivity contribution is 7.12. The molecule has 110 valence electrons. The van der Waals surface area contributed by atoms with Crippen LogP contribution in [-0.2, 0) is 10.3 Å². The van der Waals surface area contributed by atoms with E-state index in [1.165, 1.54) is 5.56 Å². The van der Waals surface area contributed by atoms with E-state index in [4.69, 9.17) is 4.84 Å². The first-order valence-electron chi connectivity index (χ1n) is 6.78. The summed E-state index contributed by atoms with van der Waals surface area (Å²) in [4.78, 5) is 17.9. The SMILES string of the molecule is CC(=NOC(=O)c1ccc(C(C)(C)C)cc1)c1cccs1. The van der Waals surface area contributed by atoms with Gasteiger partial charge in [-0.15, -0.1) is 11.3 Å². The van der Waals surface area contributed by atoms with Gasteiger partial charge in [0.2, 0.25) is 0 Å². The van der Waals surface area contributed by atoms with Crippen molar-refractivity contribution in [1.29, 1.82) is 0 Å². The molecular weight excluding hydrogens is 282 g/mol. The van der Waals surface area contributed by atoms with Crippen LogP contribution in [0.3, 0.4) is 0 Å². The van der Waals surface area contributed by atoms with Crippen LogP contribution < -0.4 is 0 Å². The highest BCUT2D eigenvalue weighted by atomic mass is 32.1. The number of benzene rings is 1. The summed E-state index contributed by atoms with van der Waals surface area (Å²) in [6.07, 6.45) is 0. The Labute approximate surface area is 129 Å². The van der Waals surface area contributed by atoms with Crippen LogP contribution in [0.2, 0.25) is 0 Å². The minimum absolute atomic E-state index is 0.0658. The molecule has 0 aliphatic carbocycles. The zero-order valence-corrected chi connectivity index (χ0v) is 13.5. The Balaban J connectivity index is 2.06. The molecule has 1 aromatic heterocycles. The molecule has 0 aliphatic rings. The molecule has 2 aromatic rings. The Morgan fingerprint density at radius 2 is 1.81 bits per heavy atom. The fourth-order valence-electron chi connectivity index (χ4n) is 1.80. The molecule has 2 rings (SSSR count). The maximum Gasteiger partial charge on any atom is 0.365 e. The predicted octanol–water partition coefficient (Wildman–Crippen LogP) is 4.63. The highest BCUT2D eigenvalue weighted by Crippen LogP contribution is 2.22. The van der Waals surface area contributed by atoms with Gasteiger partial charge in [0.05, 0.1) is 16.2 Å². The van der Waals surface area contributed by atoms with Crippen molar-refractivity contribution in [2.24, 2.45) is 5.16 Å². The number of thiophene rings is 1. The second-order valence-corrected chi connectivity index (χ2v) is 6.81. The van der Waals surface area contributed by atoms with E-state index in [2.05, 4.69) is 25.9 Å². The van der Waals surface area contributed by atoms with Crippen molar-refractivity contribution in [3.8, 4) is 0 Å². The summed E-state index contributed by atoms with van der Waals surface area (Å²) in [5, 5.41) is 5.85. The Kier molecular flexibility index (Phi) is 4.58. The molecule has 0 spiro atoms. The van der Waals surface area contributed by atoms with Crippen molar-refractivity contribution in [1.82, 2.24) is 0 Å². The van der Waals surface area contributed by atoms with Gasteiger partial charge in [-0.25, -0.2) is 4.79 Å². The summed E-state index contributed by atoms with van der Waals surface area (Å²) >= 11 is 1.56. The molecule has 0 bridgehead atoms. The zero-order valence-electron chi connectivity index (χ0n) is 12.7. The van der Waals surface area contributed by atoms with Gasteiger partial charge in [-0.05, 0) is 41.5 Å². The minimum atomic E-state index is -0.439. The average Bonchev–Trinajstić information content (AvgIpc) is 2.98. The van der Waals surface area contributed by atoms with Crippen LogP contribution in [0.1, 0.15) is 48.5 Å². The Morgan fingerprint density at radius 1 is 1.14 bits per heavy atom. The fourth-order valence-corrected chi connectivity index (χ4v) is 2.47. The highest BCUT2D eigenvalue weighted by Gasteiger charge is 2.15. The molecule has 0 radical (unpaired) electrons. The largest absolute Gasteiger partial charge is 0.365 e. The Bertz CT molecular complexity index is 634. The van der Waals surface area contributed by atoms with Crippen molar-refractivity contribution in [3.63, 3.8) is 0 Å². The minimum Gasteiger partial charge on any atom is -0.313 e. The van der Waals surface area contributed by atoms with E-state index in [-0.39, 0.29) is 5.41 Å². The quantitative estimate of drug-likeness (QED) is 0.471. The summed E-state index contributed by atoms with van der Waals surface area (Å²) in [7, 11) is 0. The van der Waals surface area contributed by atoms with Crippen LogP contribution in [0.5, 0.6) is 0 Å². The van der Waals surface area contributed by atoms with Crippen LogP contribution in [0.4, 0.5) is 0 Å². The molecular formula is C17H19NO2S. The predicted molar refractivity (Wildman–Crippen MR) is 87.1 cm³/mol. The summed E-state index contributed by atoms with van der Waals surface area (Å²) in [6, 6.07) is 11.3. The number of nitrogens with zero attached hydrogens (tertiary/aromatic N) is 1. The third-order valence-electron chi connectivity index (χ3n) is 3.13. The molecule has 0 saturated carbocycles. The molecule has 0 unspecified atom stereocenters. The number of hydrogen-bond acceptors (Lipinski definition) is 4. The van der Waals surface area contributed by atoms with Crippen molar-refractivity contribution in [2.45, 2.75) is 33.1 Å². The number of oxime groups is 1. The van der Waals surface area contributed by atoms with Crippen molar-refractivity contribution in [2.75, 3.05) is 0 Å². The summed E-state index contributed by atoms with van der Waals surface area (Å²) in [5.74, 6) is -0.439. The molecule has 0 N–H and O–H groups in total. The fraction of sp³-hybridized carbons (Fsp3) is 0.294. The van der Waals surface area contributed by atoms with E-state index in [1.807, 2.05) is 36.6 Å². The van der Waals surface area contributed by atoms with Gasteiger partial charge in [0, 0.05) is 0 Å². The second-order valence-electron chi connectivity index (χ2n) is 5.86. The molecule has 0 amide bonds. The van der Waals surface area contributed by atoms with E-state index in [1.54, 1.807) is 23.5 Å². The number of hydrogen-bond donors (Lipinski definition) is 0. The topological polar surface area (TPSA) is 38.7 Å². The van der Waals surface area contributed by atoms with Gasteiger partial charge in [0.15, 0.2) is 0 Å². The van der Waals surface area contributed by atoms with Gasteiger partial charge in [-0.2, -0.15) is 0 Å². The number of carbonyl (C=O) groups is 1. The third-order valence-corrected chi connectivity index (χ3v) is 4.11. The van der Waals surface area contributed by atoms with Gasteiger partial charge in [-0.1, -0.05) is 44.1 Å². The van der Waals surface area contributed by atoms with E-state index >= 15 is 0 Å². The van der Waals surface area contributed by atoms with Crippen molar-refractivity contribution < 1.29 is 9.63 Å². The molecule has 0 fully saturated rings. The molecule has 0 saturated heterocycles. The Hall–Kier alpha value is -1.94. The molecule has 21 heavy (non-hydrogen) atoms. The lowest BCUT2D eigenvalue weighted by atomic mass is 9.87. The summed E-state index contributed by atoms with van der Waals surface area (Å²) in [6.45, 7) is 8.22. The van der Waals surface area contributed by atoms with Gasteiger partial charge in [0.25, 0.3) is 0 Å². The molecule has 4 heteroatoms. The molecule has 1 heterocycles. The first kappa shape index (κ1) is 15.4. The van der Waals surface area contributed by atoms with Crippen molar-refractivity contribution in [3.05, 3.63) is 57.8 Å². The number of rotatable bonds is 3. The lowest BCUT2D eigenvalue weighted by Gasteiger charge is -2.18. The maximum absolute atomic E-state index is 12.0. The maximum atomic E-state index is 12.0. The van der Waals surface area contributed by atoms with Gasteiger partial charge in [-0.3, -0.25) is 0 Å². The monoisotopic (exact) mass is 301 g/mol. The standard InChI is InChI=1S/C17H19NO2S/c1-12(15-6-5-11-21-15)18-20-16(19)13-7-9-14(10-8-13)17(2,3)4/h5-11H,1-4H3. The first-order valence-corrected chi connectivity index (χ1v) is 7.66. The normalized spacial score (nSPS) is 12.3. The summed E-state index contributed by atoms with van der Waals surface area (Å²) < 4.78 is 0. The van der Waals surface area contributed by atoms with E-state index < -0.39 is 5.97 Å². The summed E-state index contributed by atoms with van der Waals surface area (Å²) in [5.41, 5.74) is 2.45. The van der Waals surface area contributed by atoms with E-state index in [0.717, 1.165) is 4.88 Å². The molecule has 1 aromatic carbocycles. The molecule has 0 aliphatic heterocycles. The smallest absolute Gasteiger partial charge is 0.313 e.